The van der Waals surface area contributed by atoms with Gasteiger partial charge >= 0.3 is 0 Å². The van der Waals surface area contributed by atoms with E-state index < -0.39 is 0 Å². The van der Waals surface area contributed by atoms with E-state index in [0.29, 0.717) is 0 Å². The summed E-state index contributed by atoms with van der Waals surface area (Å²) in [5.74, 6) is 1.73. The van der Waals surface area contributed by atoms with Gasteiger partial charge in [-0.3, -0.25) is 0 Å². The molecule has 0 saturated heterocycles. The van der Waals surface area contributed by atoms with E-state index in [1.54, 1.807) is 7.11 Å². The second-order valence-corrected chi connectivity index (χ2v) is 5.09. The van der Waals surface area contributed by atoms with Crippen LogP contribution in [-0.2, 0) is 0 Å². The van der Waals surface area contributed by atoms with Gasteiger partial charge in [0.05, 0.1) is 7.11 Å². The van der Waals surface area contributed by atoms with Crippen LogP contribution >= 0.6 is 15.9 Å². The van der Waals surface area contributed by atoms with Gasteiger partial charge in [-0.05, 0) is 30.5 Å². The number of methoxy groups -OCH3 is 1. The van der Waals surface area contributed by atoms with Crippen LogP contribution in [-0.4, -0.2) is 7.11 Å². The minimum absolute atomic E-state index is 0.102. The van der Waals surface area contributed by atoms with Crippen LogP contribution in [0.4, 0.5) is 0 Å². The van der Waals surface area contributed by atoms with Gasteiger partial charge in [0.15, 0.2) is 0 Å². The predicted octanol–water partition coefficient (Wildman–Crippen LogP) is 3.26. The molecule has 0 bridgehead atoms. The molecule has 0 spiro atoms. The number of benzene rings is 1. The molecule has 0 aliphatic heterocycles. The summed E-state index contributed by atoms with van der Waals surface area (Å²) in [5, 5.41) is 0. The van der Waals surface area contributed by atoms with E-state index >= 15 is 0 Å². The highest BCUT2D eigenvalue weighted by molar-refractivity contribution is 9.10. The van der Waals surface area contributed by atoms with Crippen molar-refractivity contribution < 1.29 is 4.74 Å². The van der Waals surface area contributed by atoms with Gasteiger partial charge in [-0.15, -0.1) is 0 Å². The number of ether oxygens (including phenoxy) is 1. The average Bonchev–Trinajstić information content (AvgIpc) is 3.01. The Morgan fingerprint density at radius 1 is 1.53 bits per heavy atom. The predicted molar refractivity (Wildman–Crippen MR) is 65.0 cm³/mol. The zero-order valence-electron chi connectivity index (χ0n) is 8.87. The molecule has 2 rings (SSSR count). The lowest BCUT2D eigenvalue weighted by atomic mass is 10.0. The first-order valence-corrected chi connectivity index (χ1v) is 6.09. The third kappa shape index (κ3) is 2.73. The maximum atomic E-state index is 6.18. The van der Waals surface area contributed by atoms with Crippen LogP contribution in [0, 0.1) is 5.92 Å². The molecule has 3 heteroatoms. The van der Waals surface area contributed by atoms with Gasteiger partial charge in [0, 0.05) is 16.1 Å². The second-order valence-electron chi connectivity index (χ2n) is 4.17. The minimum Gasteiger partial charge on any atom is -0.496 e. The molecule has 1 atom stereocenters. The Morgan fingerprint density at radius 3 is 2.87 bits per heavy atom. The Labute approximate surface area is 98.9 Å². The zero-order chi connectivity index (χ0) is 10.8. The lowest BCUT2D eigenvalue weighted by Crippen LogP contribution is -2.12. The number of nitrogens with two attached hydrogens (primary N) is 1. The lowest BCUT2D eigenvalue weighted by molar-refractivity contribution is 0.403. The molecule has 0 heterocycles. The first kappa shape index (κ1) is 11.0. The van der Waals surface area contributed by atoms with E-state index in [1.807, 2.05) is 12.1 Å². The number of hydrogen-bond acceptors (Lipinski definition) is 2. The largest absolute Gasteiger partial charge is 0.496 e. The van der Waals surface area contributed by atoms with Crippen LogP contribution in [0.5, 0.6) is 5.75 Å². The normalized spacial score (nSPS) is 17.5. The van der Waals surface area contributed by atoms with Gasteiger partial charge in [-0.2, -0.15) is 0 Å². The van der Waals surface area contributed by atoms with Crippen molar-refractivity contribution in [3.05, 3.63) is 28.2 Å². The van der Waals surface area contributed by atoms with Gasteiger partial charge in [0.1, 0.15) is 5.75 Å². The summed E-state index contributed by atoms with van der Waals surface area (Å²) < 4.78 is 6.38. The van der Waals surface area contributed by atoms with Gasteiger partial charge in [0.25, 0.3) is 0 Å². The molecule has 15 heavy (non-hydrogen) atoms. The van der Waals surface area contributed by atoms with Crippen molar-refractivity contribution in [1.29, 1.82) is 0 Å². The van der Waals surface area contributed by atoms with E-state index in [2.05, 4.69) is 22.0 Å². The summed E-state index contributed by atoms with van der Waals surface area (Å²) in [6, 6.07) is 6.11. The standard InChI is InChI=1S/C12H16BrNO/c1-15-12-5-4-9(13)7-10(12)11(14)6-8-2-3-8/h4-5,7-8,11H,2-3,6,14H2,1H3. The quantitative estimate of drug-likeness (QED) is 0.911. The number of halogens is 1. The van der Waals surface area contributed by atoms with Crippen LogP contribution in [0.3, 0.4) is 0 Å². The molecule has 1 aromatic carbocycles. The van der Waals surface area contributed by atoms with Crippen LogP contribution in [0.1, 0.15) is 30.9 Å². The molecule has 0 amide bonds. The van der Waals surface area contributed by atoms with Gasteiger partial charge in [-0.25, -0.2) is 0 Å². The first-order chi connectivity index (χ1) is 7.20. The molecule has 2 N–H and O–H groups in total. The molecular formula is C12H16BrNO. The Morgan fingerprint density at radius 2 is 2.27 bits per heavy atom. The molecule has 0 radical (unpaired) electrons. The summed E-state index contributed by atoms with van der Waals surface area (Å²) in [4.78, 5) is 0. The molecule has 1 fully saturated rings. The van der Waals surface area contributed by atoms with E-state index in [1.165, 1.54) is 12.8 Å². The van der Waals surface area contributed by atoms with Crippen molar-refractivity contribution in [3.63, 3.8) is 0 Å². The van der Waals surface area contributed by atoms with Crippen molar-refractivity contribution in [2.24, 2.45) is 11.7 Å². The molecule has 1 aliphatic rings. The lowest BCUT2D eigenvalue weighted by Gasteiger charge is -2.15. The fourth-order valence-corrected chi connectivity index (χ4v) is 2.21. The third-order valence-corrected chi connectivity index (χ3v) is 3.37. The summed E-state index contributed by atoms with van der Waals surface area (Å²) in [5.41, 5.74) is 7.29. The van der Waals surface area contributed by atoms with Crippen LogP contribution in [0.15, 0.2) is 22.7 Å². The van der Waals surface area contributed by atoms with E-state index in [0.717, 1.165) is 28.1 Å². The monoisotopic (exact) mass is 269 g/mol. The fourth-order valence-electron chi connectivity index (χ4n) is 1.83. The van der Waals surface area contributed by atoms with Crippen molar-refractivity contribution in [3.8, 4) is 5.75 Å². The topological polar surface area (TPSA) is 35.2 Å². The Kier molecular flexibility index (Phi) is 3.32. The maximum Gasteiger partial charge on any atom is 0.123 e. The number of rotatable bonds is 4. The smallest absolute Gasteiger partial charge is 0.123 e. The molecule has 82 valence electrons. The van der Waals surface area contributed by atoms with Gasteiger partial charge in [0.2, 0.25) is 0 Å². The van der Waals surface area contributed by atoms with Crippen LogP contribution in [0.25, 0.3) is 0 Å². The van der Waals surface area contributed by atoms with Crippen molar-refractivity contribution in [2.75, 3.05) is 7.11 Å². The molecule has 0 aromatic heterocycles. The average molecular weight is 270 g/mol. The summed E-state index contributed by atoms with van der Waals surface area (Å²) in [6.45, 7) is 0. The van der Waals surface area contributed by atoms with Crippen molar-refractivity contribution >= 4 is 15.9 Å². The highest BCUT2D eigenvalue weighted by atomic mass is 79.9. The molecule has 1 saturated carbocycles. The fraction of sp³-hybridized carbons (Fsp3) is 0.500. The highest BCUT2D eigenvalue weighted by Gasteiger charge is 2.25. The van der Waals surface area contributed by atoms with Gasteiger partial charge in [-0.1, -0.05) is 28.8 Å². The highest BCUT2D eigenvalue weighted by Crippen LogP contribution is 2.39. The van der Waals surface area contributed by atoms with Crippen LogP contribution < -0.4 is 10.5 Å². The summed E-state index contributed by atoms with van der Waals surface area (Å²) in [6.07, 6.45) is 3.75. The van der Waals surface area contributed by atoms with Crippen molar-refractivity contribution in [1.82, 2.24) is 0 Å². The zero-order valence-corrected chi connectivity index (χ0v) is 10.5. The molecule has 1 aromatic rings. The van der Waals surface area contributed by atoms with E-state index in [9.17, 15) is 0 Å². The van der Waals surface area contributed by atoms with Crippen molar-refractivity contribution in [2.45, 2.75) is 25.3 Å². The SMILES string of the molecule is COc1ccc(Br)cc1C(N)CC1CC1. The third-order valence-electron chi connectivity index (χ3n) is 2.88. The second kappa shape index (κ2) is 4.54. The Bertz CT molecular complexity index is 349. The molecule has 2 nitrogen and oxygen atoms in total. The van der Waals surface area contributed by atoms with Gasteiger partial charge < -0.3 is 10.5 Å². The first-order valence-electron chi connectivity index (χ1n) is 5.29. The Balaban J connectivity index is 2.18. The minimum atomic E-state index is 0.102. The molecular weight excluding hydrogens is 254 g/mol. The molecule has 1 aliphatic carbocycles. The summed E-state index contributed by atoms with van der Waals surface area (Å²) >= 11 is 3.46. The molecule has 1 unspecified atom stereocenters. The Hall–Kier alpha value is -0.540. The van der Waals surface area contributed by atoms with E-state index in [4.69, 9.17) is 10.5 Å². The maximum absolute atomic E-state index is 6.18. The number of hydrogen-bond donors (Lipinski definition) is 1. The van der Waals surface area contributed by atoms with Crippen LogP contribution in [0.2, 0.25) is 0 Å². The summed E-state index contributed by atoms with van der Waals surface area (Å²) in [7, 11) is 1.69. The van der Waals surface area contributed by atoms with E-state index in [-0.39, 0.29) is 6.04 Å².